The normalized spacial score (nSPS) is 11.0. The summed E-state index contributed by atoms with van der Waals surface area (Å²) in [7, 11) is -4.01. The number of non-ortho nitro benzene ring substituents is 2. The quantitative estimate of drug-likeness (QED) is 0.494. The minimum absolute atomic E-state index is 0.233. The molecule has 0 radical (unpaired) electrons. The first-order valence-corrected chi connectivity index (χ1v) is 9.06. The molecule has 0 saturated heterocycles. The van der Waals surface area contributed by atoms with Crippen molar-refractivity contribution in [3.63, 3.8) is 0 Å². The fourth-order valence-electron chi connectivity index (χ4n) is 2.06. The second kappa shape index (κ2) is 8.49. The Bertz CT molecular complexity index is 1030. The number of benzene rings is 2. The number of nitrogens with one attached hydrogen (secondary N) is 2. The van der Waals surface area contributed by atoms with E-state index in [4.69, 9.17) is 0 Å². The molecule has 2 aromatic carbocycles. The van der Waals surface area contributed by atoms with E-state index in [-0.39, 0.29) is 23.5 Å². The molecule has 0 aliphatic rings. The third-order valence-electron chi connectivity index (χ3n) is 3.44. The standard InChI is InChI=1S/C15H13FN4O7S/c16-13-6-3-11(20(24)25)9-14(13)18-15(21)7-8-17-28(26,27)12-4-1-10(2-5-12)19(22)23/h1-6,9,17H,7-8H2,(H,18,21). The molecular weight excluding hydrogens is 399 g/mol. The molecule has 0 aliphatic carbocycles. The smallest absolute Gasteiger partial charge is 0.271 e. The van der Waals surface area contributed by atoms with Gasteiger partial charge in [0, 0.05) is 37.2 Å². The molecule has 0 fully saturated rings. The summed E-state index contributed by atoms with van der Waals surface area (Å²) >= 11 is 0. The Kier molecular flexibility index (Phi) is 6.33. The zero-order valence-electron chi connectivity index (χ0n) is 14.0. The van der Waals surface area contributed by atoms with Crippen molar-refractivity contribution in [1.29, 1.82) is 0 Å². The number of rotatable bonds is 8. The molecule has 2 N–H and O–H groups in total. The van der Waals surface area contributed by atoms with E-state index in [1.807, 2.05) is 0 Å². The molecule has 28 heavy (non-hydrogen) atoms. The monoisotopic (exact) mass is 412 g/mol. The van der Waals surface area contributed by atoms with Crippen LogP contribution in [-0.4, -0.2) is 30.7 Å². The number of carbonyl (C=O) groups is 1. The van der Waals surface area contributed by atoms with E-state index in [0.717, 1.165) is 42.5 Å². The van der Waals surface area contributed by atoms with Crippen molar-refractivity contribution in [2.75, 3.05) is 11.9 Å². The Balaban J connectivity index is 1.95. The largest absolute Gasteiger partial charge is 0.323 e. The van der Waals surface area contributed by atoms with Crippen molar-refractivity contribution in [2.24, 2.45) is 0 Å². The highest BCUT2D eigenvalue weighted by atomic mass is 32.2. The molecule has 1 amide bonds. The molecule has 0 bridgehead atoms. The summed E-state index contributed by atoms with van der Waals surface area (Å²) in [5, 5.41) is 23.4. The Morgan fingerprint density at radius 2 is 1.57 bits per heavy atom. The van der Waals surface area contributed by atoms with Crippen molar-refractivity contribution in [3.8, 4) is 0 Å². The summed E-state index contributed by atoms with van der Waals surface area (Å²) < 4.78 is 39.9. The topological polar surface area (TPSA) is 162 Å². The van der Waals surface area contributed by atoms with Crippen LogP contribution in [0.5, 0.6) is 0 Å². The average molecular weight is 412 g/mol. The van der Waals surface area contributed by atoms with Crippen LogP contribution >= 0.6 is 0 Å². The molecule has 0 heterocycles. The van der Waals surface area contributed by atoms with Gasteiger partial charge in [0.05, 0.1) is 20.4 Å². The fourth-order valence-corrected chi connectivity index (χ4v) is 3.10. The summed E-state index contributed by atoms with van der Waals surface area (Å²) in [5.41, 5.74) is -1.11. The molecule has 148 valence electrons. The van der Waals surface area contributed by atoms with Crippen LogP contribution in [0.25, 0.3) is 0 Å². The first-order valence-electron chi connectivity index (χ1n) is 7.58. The number of amides is 1. The summed E-state index contributed by atoms with van der Waals surface area (Å²) in [6.45, 7) is -0.346. The van der Waals surface area contributed by atoms with Gasteiger partial charge in [0.1, 0.15) is 5.82 Å². The van der Waals surface area contributed by atoms with Gasteiger partial charge in [-0.2, -0.15) is 0 Å². The lowest BCUT2D eigenvalue weighted by Crippen LogP contribution is -2.28. The molecule has 2 aromatic rings. The molecule has 0 spiro atoms. The van der Waals surface area contributed by atoms with E-state index < -0.39 is 43.0 Å². The predicted molar refractivity (Wildman–Crippen MR) is 94.6 cm³/mol. The van der Waals surface area contributed by atoms with Crippen LogP contribution in [0, 0.1) is 26.0 Å². The van der Waals surface area contributed by atoms with E-state index >= 15 is 0 Å². The van der Waals surface area contributed by atoms with E-state index in [2.05, 4.69) is 10.0 Å². The highest BCUT2D eigenvalue weighted by Gasteiger charge is 2.17. The number of carbonyl (C=O) groups excluding carboxylic acids is 1. The number of nitro benzene ring substituents is 2. The lowest BCUT2D eigenvalue weighted by atomic mass is 10.2. The highest BCUT2D eigenvalue weighted by molar-refractivity contribution is 7.89. The summed E-state index contributed by atoms with van der Waals surface area (Å²) in [4.78, 5) is 31.4. The van der Waals surface area contributed by atoms with E-state index in [1.165, 1.54) is 0 Å². The van der Waals surface area contributed by atoms with Crippen molar-refractivity contribution >= 4 is 33.0 Å². The van der Waals surface area contributed by atoms with Crippen molar-refractivity contribution in [3.05, 3.63) is 68.5 Å². The fraction of sp³-hybridized carbons (Fsp3) is 0.133. The second-order valence-electron chi connectivity index (χ2n) is 5.37. The van der Waals surface area contributed by atoms with Crippen molar-refractivity contribution < 1.29 is 27.4 Å². The third-order valence-corrected chi connectivity index (χ3v) is 4.91. The predicted octanol–water partition coefficient (Wildman–Crippen LogP) is 1.95. The minimum Gasteiger partial charge on any atom is -0.323 e. The van der Waals surface area contributed by atoms with Gasteiger partial charge in [-0.05, 0) is 18.2 Å². The van der Waals surface area contributed by atoms with Crippen molar-refractivity contribution in [2.45, 2.75) is 11.3 Å². The van der Waals surface area contributed by atoms with Crippen LogP contribution in [0.1, 0.15) is 6.42 Å². The van der Waals surface area contributed by atoms with E-state index in [9.17, 15) is 37.8 Å². The zero-order chi connectivity index (χ0) is 20.9. The molecule has 2 rings (SSSR count). The molecule has 13 heteroatoms. The zero-order valence-corrected chi connectivity index (χ0v) is 14.8. The van der Waals surface area contributed by atoms with Gasteiger partial charge in [-0.15, -0.1) is 0 Å². The molecule has 11 nitrogen and oxygen atoms in total. The third kappa shape index (κ3) is 5.28. The summed E-state index contributed by atoms with van der Waals surface area (Å²) in [5.74, 6) is -1.66. The highest BCUT2D eigenvalue weighted by Crippen LogP contribution is 2.21. The maximum atomic E-state index is 13.6. The number of sulfonamides is 1. The van der Waals surface area contributed by atoms with Gasteiger partial charge in [0.15, 0.2) is 0 Å². The molecule has 0 aliphatic heterocycles. The van der Waals surface area contributed by atoms with E-state index in [0.29, 0.717) is 0 Å². The van der Waals surface area contributed by atoms with Crippen LogP contribution in [0.2, 0.25) is 0 Å². The number of anilines is 1. The summed E-state index contributed by atoms with van der Waals surface area (Å²) in [6.07, 6.45) is -0.381. The van der Waals surface area contributed by atoms with Gasteiger partial charge in [-0.25, -0.2) is 17.5 Å². The lowest BCUT2D eigenvalue weighted by molar-refractivity contribution is -0.385. The van der Waals surface area contributed by atoms with E-state index in [1.54, 1.807) is 0 Å². The van der Waals surface area contributed by atoms with Gasteiger partial charge in [-0.1, -0.05) is 0 Å². The molecule has 0 atom stereocenters. The lowest BCUT2D eigenvalue weighted by Gasteiger charge is -2.08. The summed E-state index contributed by atoms with van der Waals surface area (Å²) in [6, 6.07) is 6.72. The Morgan fingerprint density at radius 1 is 1.00 bits per heavy atom. The maximum Gasteiger partial charge on any atom is 0.271 e. The SMILES string of the molecule is O=C(CCNS(=O)(=O)c1ccc([N+](=O)[O-])cc1)Nc1cc([N+](=O)[O-])ccc1F. The Hall–Kier alpha value is -3.45. The van der Waals surface area contributed by atoms with Crippen molar-refractivity contribution in [1.82, 2.24) is 4.72 Å². The average Bonchev–Trinajstić information content (AvgIpc) is 2.63. The first kappa shape index (κ1) is 20.9. The number of hydrogen-bond donors (Lipinski definition) is 2. The van der Waals surface area contributed by atoms with Crippen LogP contribution in [-0.2, 0) is 14.8 Å². The molecule has 0 saturated carbocycles. The minimum atomic E-state index is -4.01. The van der Waals surface area contributed by atoms with Gasteiger partial charge in [0.2, 0.25) is 15.9 Å². The molecule has 0 aromatic heterocycles. The number of halogens is 1. The van der Waals surface area contributed by atoms with Crippen LogP contribution < -0.4 is 10.0 Å². The number of hydrogen-bond acceptors (Lipinski definition) is 7. The second-order valence-corrected chi connectivity index (χ2v) is 7.14. The Labute approximate surface area is 157 Å². The Morgan fingerprint density at radius 3 is 2.14 bits per heavy atom. The van der Waals surface area contributed by atoms with Crippen LogP contribution in [0.3, 0.4) is 0 Å². The number of nitro groups is 2. The van der Waals surface area contributed by atoms with Crippen LogP contribution in [0.4, 0.5) is 21.5 Å². The molecular formula is C15H13FN4O7S. The van der Waals surface area contributed by atoms with Gasteiger partial charge >= 0.3 is 0 Å². The van der Waals surface area contributed by atoms with Gasteiger partial charge < -0.3 is 5.32 Å². The van der Waals surface area contributed by atoms with Gasteiger partial charge in [-0.3, -0.25) is 25.0 Å². The first-order chi connectivity index (χ1) is 13.1. The van der Waals surface area contributed by atoms with Gasteiger partial charge in [0.25, 0.3) is 11.4 Å². The number of nitrogens with zero attached hydrogens (tertiary/aromatic N) is 2. The maximum absolute atomic E-state index is 13.6. The van der Waals surface area contributed by atoms with Crippen LogP contribution in [0.15, 0.2) is 47.4 Å². The molecule has 0 unspecified atom stereocenters.